The molecule has 0 aromatic heterocycles. The Kier molecular flexibility index (Phi) is 10.0. The first-order valence-electron chi connectivity index (χ1n) is 13.2. The highest BCUT2D eigenvalue weighted by Gasteiger charge is 2.41. The summed E-state index contributed by atoms with van der Waals surface area (Å²) in [6.45, 7) is 5.59. The molecule has 2 amide bonds. The molecule has 36 heavy (non-hydrogen) atoms. The monoisotopic (exact) mass is 500 g/mol. The Bertz CT molecular complexity index is 920. The standard InChI is InChI=1S/C28H40N2O6/c1-18(10-7-8-11-19(2)31)25-17-24(32)20(3)26(33)29-22(16-21-12-5-4-6-13-21)27(34)30-15-9-14-23(30)28(35)36-25/h4-6,12-13,18,20,22-25,32H,7-11,14-17H2,1-3H3,(H,29,33)/t18?,20?,22?,23-,24?,25?/m0/s1. The molecule has 6 atom stereocenters. The summed E-state index contributed by atoms with van der Waals surface area (Å²) in [5.74, 6) is -1.85. The lowest BCUT2D eigenvalue weighted by atomic mass is 9.89. The van der Waals surface area contributed by atoms with Gasteiger partial charge in [0.25, 0.3) is 0 Å². The van der Waals surface area contributed by atoms with Gasteiger partial charge in [-0.25, -0.2) is 4.79 Å². The number of fused-ring (bicyclic) bond motifs is 1. The summed E-state index contributed by atoms with van der Waals surface area (Å²) < 4.78 is 5.94. The molecule has 0 radical (unpaired) electrons. The number of aliphatic hydroxyl groups excluding tert-OH is 1. The number of unbranched alkanes of at least 4 members (excludes halogenated alkanes) is 1. The van der Waals surface area contributed by atoms with Crippen molar-refractivity contribution in [2.45, 2.75) is 96.4 Å². The highest BCUT2D eigenvalue weighted by molar-refractivity contribution is 5.92. The number of esters is 1. The maximum absolute atomic E-state index is 13.6. The number of hydrogen-bond acceptors (Lipinski definition) is 6. The van der Waals surface area contributed by atoms with Crippen molar-refractivity contribution in [1.29, 1.82) is 0 Å². The van der Waals surface area contributed by atoms with E-state index in [1.807, 2.05) is 37.3 Å². The van der Waals surface area contributed by atoms with Gasteiger partial charge in [0, 0.05) is 25.8 Å². The lowest BCUT2D eigenvalue weighted by Gasteiger charge is -2.34. The van der Waals surface area contributed by atoms with E-state index in [0.717, 1.165) is 24.8 Å². The Balaban J connectivity index is 1.81. The maximum atomic E-state index is 13.6. The van der Waals surface area contributed by atoms with Crippen molar-refractivity contribution in [3.05, 3.63) is 35.9 Å². The molecule has 0 aliphatic carbocycles. The number of benzene rings is 1. The molecule has 2 fully saturated rings. The molecule has 1 aromatic rings. The average Bonchev–Trinajstić information content (AvgIpc) is 3.34. The lowest BCUT2D eigenvalue weighted by molar-refractivity contribution is -0.163. The third-order valence-electron chi connectivity index (χ3n) is 7.51. The number of Topliss-reactive ketones (excluding diaryl/α,β-unsaturated/α-hetero) is 1. The lowest BCUT2D eigenvalue weighted by Crippen LogP contribution is -2.55. The molecule has 2 aliphatic rings. The molecule has 5 unspecified atom stereocenters. The number of nitrogens with zero attached hydrogens (tertiary/aromatic N) is 1. The van der Waals surface area contributed by atoms with E-state index < -0.39 is 42.1 Å². The van der Waals surface area contributed by atoms with Gasteiger partial charge in [0.2, 0.25) is 11.8 Å². The van der Waals surface area contributed by atoms with Crippen LogP contribution >= 0.6 is 0 Å². The van der Waals surface area contributed by atoms with Crippen LogP contribution in [0.5, 0.6) is 0 Å². The minimum Gasteiger partial charge on any atom is -0.460 e. The van der Waals surface area contributed by atoms with Crippen molar-refractivity contribution in [1.82, 2.24) is 10.2 Å². The van der Waals surface area contributed by atoms with Crippen LogP contribution in [0.25, 0.3) is 0 Å². The number of nitrogens with one attached hydrogen (secondary N) is 1. The van der Waals surface area contributed by atoms with Crippen LogP contribution in [-0.4, -0.2) is 64.4 Å². The summed E-state index contributed by atoms with van der Waals surface area (Å²) in [6, 6.07) is 7.89. The molecular weight excluding hydrogens is 460 g/mol. The second kappa shape index (κ2) is 13.0. The fourth-order valence-electron chi connectivity index (χ4n) is 5.10. The van der Waals surface area contributed by atoms with Crippen LogP contribution in [0.3, 0.4) is 0 Å². The zero-order chi connectivity index (χ0) is 26.2. The van der Waals surface area contributed by atoms with Crippen molar-refractivity contribution in [2.24, 2.45) is 11.8 Å². The largest absolute Gasteiger partial charge is 0.460 e. The zero-order valence-corrected chi connectivity index (χ0v) is 21.7. The number of ketones is 1. The Morgan fingerprint density at radius 3 is 2.61 bits per heavy atom. The second-order valence-electron chi connectivity index (χ2n) is 10.4. The molecule has 0 saturated carbocycles. The molecule has 8 heteroatoms. The number of carbonyl (C=O) groups excluding carboxylic acids is 4. The van der Waals surface area contributed by atoms with E-state index >= 15 is 0 Å². The van der Waals surface area contributed by atoms with Crippen LogP contribution in [0.2, 0.25) is 0 Å². The Morgan fingerprint density at radius 2 is 1.92 bits per heavy atom. The van der Waals surface area contributed by atoms with Crippen LogP contribution in [0, 0.1) is 11.8 Å². The topological polar surface area (TPSA) is 113 Å². The smallest absolute Gasteiger partial charge is 0.329 e. The first-order chi connectivity index (χ1) is 17.2. The number of cyclic esters (lactones) is 1. The fourth-order valence-corrected chi connectivity index (χ4v) is 5.10. The van der Waals surface area contributed by atoms with Gasteiger partial charge in [-0.1, -0.05) is 50.6 Å². The highest BCUT2D eigenvalue weighted by Crippen LogP contribution is 2.27. The zero-order valence-electron chi connectivity index (χ0n) is 21.7. The normalized spacial score (nSPS) is 28.4. The summed E-state index contributed by atoms with van der Waals surface area (Å²) in [7, 11) is 0. The summed E-state index contributed by atoms with van der Waals surface area (Å²) in [5.41, 5.74) is 0.897. The fraction of sp³-hybridized carbons (Fsp3) is 0.643. The van der Waals surface area contributed by atoms with Gasteiger partial charge < -0.3 is 24.9 Å². The summed E-state index contributed by atoms with van der Waals surface area (Å²) in [4.78, 5) is 52.8. The molecular formula is C28H40N2O6. The van der Waals surface area contributed by atoms with Crippen LogP contribution < -0.4 is 5.32 Å². The molecule has 2 aliphatic heterocycles. The van der Waals surface area contributed by atoms with Gasteiger partial charge in [0.05, 0.1) is 12.0 Å². The number of rotatable bonds is 8. The number of aliphatic hydroxyl groups is 1. The molecule has 2 heterocycles. The van der Waals surface area contributed by atoms with E-state index in [-0.39, 0.29) is 24.0 Å². The van der Waals surface area contributed by atoms with Crippen LogP contribution in [0.1, 0.15) is 71.3 Å². The minimum atomic E-state index is -1.03. The molecule has 198 valence electrons. The Hall–Kier alpha value is -2.74. The van der Waals surface area contributed by atoms with Crippen molar-refractivity contribution < 1.29 is 29.0 Å². The molecule has 8 nitrogen and oxygen atoms in total. The van der Waals surface area contributed by atoms with Gasteiger partial charge in [-0.05, 0) is 44.1 Å². The maximum Gasteiger partial charge on any atom is 0.329 e. The van der Waals surface area contributed by atoms with E-state index in [0.29, 0.717) is 32.2 Å². The van der Waals surface area contributed by atoms with Crippen LogP contribution in [0.15, 0.2) is 30.3 Å². The van der Waals surface area contributed by atoms with Gasteiger partial charge in [0.1, 0.15) is 24.0 Å². The van der Waals surface area contributed by atoms with Crippen LogP contribution in [0.4, 0.5) is 0 Å². The molecule has 0 bridgehead atoms. The molecule has 0 spiro atoms. The van der Waals surface area contributed by atoms with Crippen molar-refractivity contribution in [3.63, 3.8) is 0 Å². The number of amides is 2. The van der Waals surface area contributed by atoms with Gasteiger partial charge in [-0.3, -0.25) is 9.59 Å². The molecule has 2 saturated heterocycles. The predicted octanol–water partition coefficient (Wildman–Crippen LogP) is 2.80. The Morgan fingerprint density at radius 1 is 1.19 bits per heavy atom. The summed E-state index contributed by atoms with van der Waals surface area (Å²) >= 11 is 0. The van der Waals surface area contributed by atoms with E-state index in [4.69, 9.17) is 4.74 Å². The summed E-state index contributed by atoms with van der Waals surface area (Å²) in [5, 5.41) is 13.8. The van der Waals surface area contributed by atoms with Gasteiger partial charge in [-0.15, -0.1) is 0 Å². The highest BCUT2D eigenvalue weighted by atomic mass is 16.5. The van der Waals surface area contributed by atoms with Gasteiger partial charge in [0.15, 0.2) is 0 Å². The number of hydrogen-bond donors (Lipinski definition) is 2. The Labute approximate surface area is 213 Å². The van der Waals surface area contributed by atoms with Crippen molar-refractivity contribution >= 4 is 23.6 Å². The number of carbonyl (C=O) groups is 4. The first kappa shape index (κ1) is 27.8. The molecule has 2 N–H and O–H groups in total. The minimum absolute atomic E-state index is 0.0647. The third-order valence-corrected chi connectivity index (χ3v) is 7.51. The van der Waals surface area contributed by atoms with Gasteiger partial charge >= 0.3 is 5.97 Å². The first-order valence-corrected chi connectivity index (χ1v) is 13.2. The van der Waals surface area contributed by atoms with E-state index in [9.17, 15) is 24.3 Å². The predicted molar refractivity (Wildman–Crippen MR) is 135 cm³/mol. The quantitative estimate of drug-likeness (QED) is 0.419. The van der Waals surface area contributed by atoms with Gasteiger partial charge in [-0.2, -0.15) is 0 Å². The van der Waals surface area contributed by atoms with E-state index in [2.05, 4.69) is 5.32 Å². The molecule has 1 aromatic carbocycles. The van der Waals surface area contributed by atoms with Crippen molar-refractivity contribution in [3.8, 4) is 0 Å². The van der Waals surface area contributed by atoms with Crippen molar-refractivity contribution in [2.75, 3.05) is 6.54 Å². The molecule has 3 rings (SSSR count). The average molecular weight is 501 g/mol. The van der Waals surface area contributed by atoms with Crippen LogP contribution in [-0.2, 0) is 30.3 Å². The SMILES string of the molecule is CC(=O)CCCCC(C)C1CC(O)C(C)C(=O)NC(Cc2ccccc2)C(=O)N2CCC[C@H]2C(=O)O1. The van der Waals surface area contributed by atoms with E-state index in [1.54, 1.807) is 18.7 Å². The second-order valence-corrected chi connectivity index (χ2v) is 10.4. The summed E-state index contributed by atoms with van der Waals surface area (Å²) in [6.07, 6.45) is 2.81. The third kappa shape index (κ3) is 7.38. The van der Waals surface area contributed by atoms with E-state index in [1.165, 1.54) is 0 Å². The number of ether oxygens (including phenoxy) is 1.